The Kier molecular flexibility index (Phi) is 3.42. The van der Waals surface area contributed by atoms with Gasteiger partial charge in [-0.1, -0.05) is 0 Å². The summed E-state index contributed by atoms with van der Waals surface area (Å²) in [5.74, 6) is 4.44. The third-order valence-electron chi connectivity index (χ3n) is 2.74. The second-order valence-electron chi connectivity index (χ2n) is 4.00. The van der Waals surface area contributed by atoms with Crippen LogP contribution in [-0.2, 0) is 16.1 Å². The van der Waals surface area contributed by atoms with E-state index in [1.54, 1.807) is 0 Å². The average molecular weight is 251 g/mol. The molecule has 0 saturated carbocycles. The number of nitrogens with two attached hydrogens (primary N) is 1. The van der Waals surface area contributed by atoms with Crippen molar-refractivity contribution in [2.45, 2.75) is 25.8 Å². The topological polar surface area (TPSA) is 106 Å². The van der Waals surface area contributed by atoms with Gasteiger partial charge in [0.1, 0.15) is 12.0 Å². The molecule has 7 nitrogen and oxygen atoms in total. The van der Waals surface area contributed by atoms with E-state index in [1.165, 1.54) is 12.3 Å². The van der Waals surface area contributed by atoms with Gasteiger partial charge in [-0.05, 0) is 12.5 Å². The van der Waals surface area contributed by atoms with Crippen LogP contribution in [0.3, 0.4) is 0 Å². The van der Waals surface area contributed by atoms with E-state index < -0.39 is 5.91 Å². The summed E-state index contributed by atoms with van der Waals surface area (Å²) in [6.45, 7) is 0.0511. The maximum absolute atomic E-state index is 11.6. The third kappa shape index (κ3) is 2.40. The molecule has 0 radical (unpaired) electrons. The van der Waals surface area contributed by atoms with E-state index in [0.717, 1.165) is 4.90 Å². The van der Waals surface area contributed by atoms with Crippen LogP contribution in [0.25, 0.3) is 0 Å². The Morgan fingerprint density at radius 3 is 2.67 bits per heavy atom. The number of hydrogen-bond donors (Lipinski definition) is 2. The van der Waals surface area contributed by atoms with Gasteiger partial charge in [-0.3, -0.25) is 24.7 Å². The van der Waals surface area contributed by atoms with Crippen LogP contribution in [0.2, 0.25) is 0 Å². The summed E-state index contributed by atoms with van der Waals surface area (Å²) in [5.41, 5.74) is 2.22. The standard InChI is InChI=1S/C11H13N3O4/c12-13-11(17)7-4-8(18-6-7)5-14-9(15)2-1-3-10(14)16/h4,6H,1-3,5,12H2,(H,13,17). The Balaban J connectivity index is 2.09. The second kappa shape index (κ2) is 5.01. The molecule has 1 aliphatic heterocycles. The van der Waals surface area contributed by atoms with Crippen molar-refractivity contribution in [2.75, 3.05) is 0 Å². The molecule has 0 spiro atoms. The van der Waals surface area contributed by atoms with Gasteiger partial charge in [-0.15, -0.1) is 0 Å². The van der Waals surface area contributed by atoms with E-state index in [2.05, 4.69) is 0 Å². The molecule has 0 aromatic carbocycles. The number of furan rings is 1. The van der Waals surface area contributed by atoms with E-state index >= 15 is 0 Å². The first-order chi connectivity index (χ1) is 8.61. The molecule has 3 N–H and O–H groups in total. The zero-order valence-electron chi connectivity index (χ0n) is 9.64. The molecule has 1 saturated heterocycles. The number of nitrogens with zero attached hydrogens (tertiary/aromatic N) is 1. The number of rotatable bonds is 3. The number of carbonyl (C=O) groups excluding carboxylic acids is 3. The van der Waals surface area contributed by atoms with Gasteiger partial charge in [-0.25, -0.2) is 5.84 Å². The minimum absolute atomic E-state index is 0.0511. The van der Waals surface area contributed by atoms with Crippen LogP contribution in [-0.4, -0.2) is 22.6 Å². The van der Waals surface area contributed by atoms with Crippen molar-refractivity contribution in [2.24, 2.45) is 5.84 Å². The highest BCUT2D eigenvalue weighted by atomic mass is 16.3. The van der Waals surface area contributed by atoms with Crippen molar-refractivity contribution in [3.63, 3.8) is 0 Å². The maximum Gasteiger partial charge on any atom is 0.268 e. The van der Waals surface area contributed by atoms with Crippen LogP contribution < -0.4 is 11.3 Å². The van der Waals surface area contributed by atoms with Crippen LogP contribution >= 0.6 is 0 Å². The molecule has 96 valence electrons. The van der Waals surface area contributed by atoms with Crippen LogP contribution in [0.1, 0.15) is 35.4 Å². The Labute approximate surface area is 103 Å². The summed E-state index contributed by atoms with van der Waals surface area (Å²) in [6, 6.07) is 1.46. The van der Waals surface area contributed by atoms with Crippen molar-refractivity contribution in [1.29, 1.82) is 0 Å². The summed E-state index contributed by atoms with van der Waals surface area (Å²) < 4.78 is 5.12. The Bertz CT molecular complexity index is 478. The first-order valence-corrected chi connectivity index (χ1v) is 5.53. The van der Waals surface area contributed by atoms with Gasteiger partial charge in [0.2, 0.25) is 11.8 Å². The number of likely N-dealkylation sites (tertiary alicyclic amines) is 1. The zero-order valence-corrected chi connectivity index (χ0v) is 9.64. The maximum atomic E-state index is 11.6. The number of hydrogen-bond acceptors (Lipinski definition) is 5. The Morgan fingerprint density at radius 2 is 2.06 bits per heavy atom. The predicted molar refractivity (Wildman–Crippen MR) is 59.8 cm³/mol. The summed E-state index contributed by atoms with van der Waals surface area (Å²) in [7, 11) is 0. The van der Waals surface area contributed by atoms with E-state index in [-0.39, 0.29) is 23.9 Å². The molecule has 2 heterocycles. The van der Waals surface area contributed by atoms with Crippen molar-refractivity contribution in [3.8, 4) is 0 Å². The largest absolute Gasteiger partial charge is 0.467 e. The fourth-order valence-corrected chi connectivity index (χ4v) is 1.80. The smallest absolute Gasteiger partial charge is 0.268 e. The van der Waals surface area contributed by atoms with Gasteiger partial charge in [0.15, 0.2) is 0 Å². The first-order valence-electron chi connectivity index (χ1n) is 5.53. The number of amides is 3. The fraction of sp³-hybridized carbons (Fsp3) is 0.364. The number of piperidine rings is 1. The minimum Gasteiger partial charge on any atom is -0.467 e. The Hall–Kier alpha value is -2.15. The summed E-state index contributed by atoms with van der Waals surface area (Å²) in [5, 5.41) is 0. The lowest BCUT2D eigenvalue weighted by molar-refractivity contribution is -0.149. The summed E-state index contributed by atoms with van der Waals surface area (Å²) >= 11 is 0. The number of imide groups is 1. The molecule has 1 aliphatic rings. The number of carbonyl (C=O) groups is 3. The molecule has 1 aromatic rings. The minimum atomic E-state index is -0.485. The highest BCUT2D eigenvalue weighted by molar-refractivity contribution is 5.97. The molecule has 1 fully saturated rings. The van der Waals surface area contributed by atoms with E-state index in [4.69, 9.17) is 10.3 Å². The quantitative estimate of drug-likeness (QED) is 0.338. The normalized spacial score (nSPS) is 15.9. The van der Waals surface area contributed by atoms with Crippen molar-refractivity contribution in [3.05, 3.63) is 23.7 Å². The SMILES string of the molecule is NNC(=O)c1coc(CN2C(=O)CCCC2=O)c1. The molecule has 0 bridgehead atoms. The van der Waals surface area contributed by atoms with Gasteiger partial charge in [0, 0.05) is 12.8 Å². The Morgan fingerprint density at radius 1 is 1.39 bits per heavy atom. The first kappa shape index (κ1) is 12.3. The van der Waals surface area contributed by atoms with E-state index in [9.17, 15) is 14.4 Å². The molecular formula is C11H13N3O4. The summed E-state index contributed by atoms with van der Waals surface area (Å²) in [4.78, 5) is 35.5. The molecule has 3 amide bonds. The molecule has 2 rings (SSSR count). The van der Waals surface area contributed by atoms with Crippen LogP contribution in [0.4, 0.5) is 0 Å². The van der Waals surface area contributed by atoms with Crippen LogP contribution in [0.5, 0.6) is 0 Å². The highest BCUT2D eigenvalue weighted by Gasteiger charge is 2.26. The molecule has 18 heavy (non-hydrogen) atoms. The number of nitrogen functional groups attached to an aromatic ring is 1. The lowest BCUT2D eigenvalue weighted by Gasteiger charge is -2.23. The molecule has 0 aliphatic carbocycles. The summed E-state index contributed by atoms with van der Waals surface area (Å²) in [6.07, 6.45) is 2.55. The lowest BCUT2D eigenvalue weighted by Crippen LogP contribution is -2.39. The predicted octanol–water partition coefficient (Wildman–Crippen LogP) is -0.0778. The molecule has 1 aromatic heterocycles. The molecule has 7 heteroatoms. The van der Waals surface area contributed by atoms with Crippen LogP contribution in [0, 0.1) is 0 Å². The van der Waals surface area contributed by atoms with Crippen molar-refractivity contribution >= 4 is 17.7 Å². The van der Waals surface area contributed by atoms with E-state index in [0.29, 0.717) is 25.0 Å². The monoisotopic (exact) mass is 251 g/mol. The number of nitrogens with one attached hydrogen (secondary N) is 1. The van der Waals surface area contributed by atoms with Gasteiger partial charge < -0.3 is 4.42 Å². The van der Waals surface area contributed by atoms with Gasteiger partial charge in [-0.2, -0.15) is 0 Å². The number of hydrazine groups is 1. The molecular weight excluding hydrogens is 238 g/mol. The second-order valence-corrected chi connectivity index (χ2v) is 4.00. The van der Waals surface area contributed by atoms with Crippen molar-refractivity contribution < 1.29 is 18.8 Å². The van der Waals surface area contributed by atoms with Crippen LogP contribution in [0.15, 0.2) is 16.7 Å². The molecule has 0 unspecified atom stereocenters. The zero-order chi connectivity index (χ0) is 13.1. The van der Waals surface area contributed by atoms with Gasteiger partial charge in [0.25, 0.3) is 5.91 Å². The highest BCUT2D eigenvalue weighted by Crippen LogP contribution is 2.17. The van der Waals surface area contributed by atoms with Crippen molar-refractivity contribution in [1.82, 2.24) is 10.3 Å². The van der Waals surface area contributed by atoms with Gasteiger partial charge in [0.05, 0.1) is 12.1 Å². The van der Waals surface area contributed by atoms with Gasteiger partial charge >= 0.3 is 0 Å². The van der Waals surface area contributed by atoms with E-state index in [1.807, 2.05) is 5.43 Å². The fourth-order valence-electron chi connectivity index (χ4n) is 1.80. The lowest BCUT2D eigenvalue weighted by atomic mass is 10.1. The average Bonchev–Trinajstić information content (AvgIpc) is 2.81. The molecule has 0 atom stereocenters. The third-order valence-corrected chi connectivity index (χ3v) is 2.74.